The molecule has 0 bridgehead atoms. The molecule has 0 N–H and O–H groups in total. The van der Waals surface area contributed by atoms with Crippen molar-refractivity contribution in [2.75, 3.05) is 0 Å². The van der Waals surface area contributed by atoms with Crippen LogP contribution in [0.2, 0.25) is 0 Å². The molecule has 16 heavy (non-hydrogen) atoms. The molecule has 80 valence electrons. The van der Waals surface area contributed by atoms with Gasteiger partial charge in [-0.15, -0.1) is 0 Å². The summed E-state index contributed by atoms with van der Waals surface area (Å²) in [4.78, 5) is 0. The first-order chi connectivity index (χ1) is 7.05. The minimum absolute atomic E-state index is 0.0122. The number of hydrogen-bond acceptors (Lipinski definition) is 1. The number of alkyl halides is 3. The standard InChI is InChI=1S/C8H8B3F3N2/c1-4(2)5-3-15-16(8(9,10)11)6(5)7(12,13)14/h3-4H,1-2H3. The zero-order valence-corrected chi connectivity index (χ0v) is 8.92. The molecule has 0 fully saturated rings. The largest absolute Gasteiger partial charge is 0.433 e. The van der Waals surface area contributed by atoms with Crippen LogP contribution in [0.4, 0.5) is 13.2 Å². The highest BCUT2D eigenvalue weighted by Gasteiger charge is 2.40. The van der Waals surface area contributed by atoms with E-state index < -0.39 is 17.1 Å². The predicted octanol–water partition coefficient (Wildman–Crippen LogP) is 1.10. The fraction of sp³-hybridized carbons (Fsp3) is 0.625. The number of nitrogens with zero attached hydrogens (tertiary/aromatic N) is 2. The van der Waals surface area contributed by atoms with E-state index in [9.17, 15) is 13.2 Å². The molecule has 0 aliphatic carbocycles. The van der Waals surface area contributed by atoms with Crippen molar-refractivity contribution < 1.29 is 13.2 Å². The SMILES string of the molecule is [B]C([B])([B])n1ncc(C(C)C)c1C(F)(F)F. The summed E-state index contributed by atoms with van der Waals surface area (Å²) in [6, 6.07) is 0. The maximum absolute atomic E-state index is 12.8. The lowest BCUT2D eigenvalue weighted by Crippen LogP contribution is -2.39. The van der Waals surface area contributed by atoms with Crippen LogP contribution in [-0.4, -0.2) is 33.3 Å². The van der Waals surface area contributed by atoms with Crippen LogP contribution in [0.5, 0.6) is 0 Å². The summed E-state index contributed by atoms with van der Waals surface area (Å²) in [5.41, 5.74) is -0.992. The van der Waals surface area contributed by atoms with Crippen LogP contribution < -0.4 is 0 Å². The third kappa shape index (κ3) is 2.47. The molecule has 0 atom stereocenters. The van der Waals surface area contributed by atoms with Gasteiger partial charge in [0, 0.05) is 5.56 Å². The van der Waals surface area contributed by atoms with E-state index in [1.807, 2.05) is 0 Å². The van der Waals surface area contributed by atoms with Gasteiger partial charge in [-0.1, -0.05) is 13.8 Å². The van der Waals surface area contributed by atoms with E-state index in [0.717, 1.165) is 6.20 Å². The van der Waals surface area contributed by atoms with Gasteiger partial charge in [-0.3, -0.25) is 4.68 Å². The van der Waals surface area contributed by atoms with Crippen LogP contribution in [0, 0.1) is 0 Å². The van der Waals surface area contributed by atoms with Gasteiger partial charge in [-0.25, -0.2) is 0 Å². The maximum atomic E-state index is 12.8. The topological polar surface area (TPSA) is 17.8 Å². The fourth-order valence-corrected chi connectivity index (χ4v) is 1.36. The molecule has 0 aliphatic rings. The molecular weight excluding hydrogens is 214 g/mol. The van der Waals surface area contributed by atoms with Crippen LogP contribution in [0.25, 0.3) is 0 Å². The summed E-state index contributed by atoms with van der Waals surface area (Å²) in [5.74, 6) is -0.354. The molecule has 0 spiro atoms. The highest BCUT2D eigenvalue weighted by atomic mass is 19.4. The molecule has 0 aliphatic heterocycles. The van der Waals surface area contributed by atoms with E-state index in [1.54, 1.807) is 13.8 Å². The number of rotatable bonds is 2. The van der Waals surface area contributed by atoms with Gasteiger partial charge in [0.1, 0.15) is 5.69 Å². The summed E-state index contributed by atoms with van der Waals surface area (Å²) >= 11 is 0. The van der Waals surface area contributed by atoms with Crippen LogP contribution in [0.3, 0.4) is 0 Å². The van der Waals surface area contributed by atoms with Crippen molar-refractivity contribution in [1.82, 2.24) is 9.78 Å². The van der Waals surface area contributed by atoms with Crippen molar-refractivity contribution in [3.63, 3.8) is 0 Å². The molecule has 0 unspecified atom stereocenters. The first kappa shape index (κ1) is 13.3. The van der Waals surface area contributed by atoms with Gasteiger partial charge in [0.05, 0.1) is 29.7 Å². The van der Waals surface area contributed by atoms with E-state index in [-0.39, 0.29) is 11.5 Å². The molecule has 0 saturated carbocycles. The Kier molecular flexibility index (Phi) is 3.23. The van der Waals surface area contributed by atoms with Gasteiger partial charge in [0.25, 0.3) is 0 Å². The van der Waals surface area contributed by atoms with Crippen molar-refractivity contribution in [2.45, 2.75) is 31.2 Å². The summed E-state index contributed by atoms with van der Waals surface area (Å²) in [5, 5.41) is 1.33. The Morgan fingerprint density at radius 2 is 1.75 bits per heavy atom. The minimum atomic E-state index is -4.60. The normalized spacial score (nSPS) is 13.4. The third-order valence-corrected chi connectivity index (χ3v) is 2.05. The highest BCUT2D eigenvalue weighted by Crippen LogP contribution is 2.36. The molecule has 1 aromatic rings. The molecule has 2 nitrogen and oxygen atoms in total. The summed E-state index contributed by atoms with van der Waals surface area (Å²) in [6.07, 6.45) is -3.52. The van der Waals surface area contributed by atoms with E-state index >= 15 is 0 Å². The summed E-state index contributed by atoms with van der Waals surface area (Å²) in [6.45, 7) is 3.23. The van der Waals surface area contributed by atoms with E-state index in [0.29, 0.717) is 4.68 Å². The fourth-order valence-electron chi connectivity index (χ4n) is 1.36. The lowest BCUT2D eigenvalue weighted by atomic mass is 9.49. The Hall–Kier alpha value is -0.805. The Bertz CT molecular complexity index is 379. The van der Waals surface area contributed by atoms with Crippen molar-refractivity contribution in [2.24, 2.45) is 0 Å². The number of halogens is 3. The van der Waals surface area contributed by atoms with Crippen LogP contribution in [-0.2, 0) is 11.4 Å². The number of hydrogen-bond donors (Lipinski definition) is 0. The lowest BCUT2D eigenvalue weighted by Gasteiger charge is -2.25. The molecule has 8 heteroatoms. The molecular formula is C8H8B3F3N2. The van der Waals surface area contributed by atoms with Crippen LogP contribution in [0.15, 0.2) is 6.20 Å². The smallest absolute Gasteiger partial charge is 0.280 e. The molecule has 1 heterocycles. The second-order valence-corrected chi connectivity index (χ2v) is 3.90. The second-order valence-electron chi connectivity index (χ2n) is 3.90. The Balaban J connectivity index is 3.44. The number of aromatic nitrogens is 2. The predicted molar refractivity (Wildman–Crippen MR) is 56.6 cm³/mol. The average molecular weight is 222 g/mol. The Labute approximate surface area is 95.8 Å². The van der Waals surface area contributed by atoms with Crippen molar-refractivity contribution in [1.29, 1.82) is 0 Å². The van der Waals surface area contributed by atoms with Crippen molar-refractivity contribution in [3.05, 3.63) is 17.5 Å². The lowest BCUT2D eigenvalue weighted by molar-refractivity contribution is -0.145. The van der Waals surface area contributed by atoms with E-state index in [1.165, 1.54) is 0 Å². The first-order valence-corrected chi connectivity index (χ1v) is 4.57. The third-order valence-electron chi connectivity index (χ3n) is 2.05. The minimum Gasteiger partial charge on any atom is -0.280 e. The zero-order valence-electron chi connectivity index (χ0n) is 8.92. The van der Waals surface area contributed by atoms with Crippen molar-refractivity contribution >= 4 is 23.5 Å². The quantitative estimate of drug-likeness (QED) is 0.684. The molecule has 0 aromatic carbocycles. The van der Waals surface area contributed by atoms with Crippen molar-refractivity contribution in [3.8, 4) is 0 Å². The molecule has 6 radical (unpaired) electrons. The first-order valence-electron chi connectivity index (χ1n) is 4.57. The second kappa shape index (κ2) is 3.89. The van der Waals surface area contributed by atoms with Crippen LogP contribution in [0.1, 0.15) is 31.0 Å². The van der Waals surface area contributed by atoms with Gasteiger partial charge in [0.15, 0.2) is 0 Å². The molecule has 1 aromatic heterocycles. The van der Waals surface area contributed by atoms with Gasteiger partial charge in [-0.05, 0) is 11.2 Å². The summed E-state index contributed by atoms with van der Waals surface area (Å²) in [7, 11) is 15.7. The van der Waals surface area contributed by atoms with Crippen LogP contribution >= 0.6 is 0 Å². The molecule has 0 amide bonds. The average Bonchev–Trinajstić information content (AvgIpc) is 2.43. The highest BCUT2D eigenvalue weighted by molar-refractivity contribution is 6.56. The zero-order chi connectivity index (χ0) is 12.7. The molecule has 1 rings (SSSR count). The van der Waals surface area contributed by atoms with Gasteiger partial charge < -0.3 is 0 Å². The Morgan fingerprint density at radius 1 is 1.25 bits per heavy atom. The van der Waals surface area contributed by atoms with Gasteiger partial charge in [-0.2, -0.15) is 18.3 Å². The van der Waals surface area contributed by atoms with Gasteiger partial charge in [0.2, 0.25) is 0 Å². The molecule has 0 saturated heterocycles. The van der Waals surface area contributed by atoms with Gasteiger partial charge >= 0.3 is 6.18 Å². The monoisotopic (exact) mass is 222 g/mol. The maximum Gasteiger partial charge on any atom is 0.433 e. The van der Waals surface area contributed by atoms with E-state index in [2.05, 4.69) is 5.10 Å². The Morgan fingerprint density at radius 3 is 2.06 bits per heavy atom. The van der Waals surface area contributed by atoms with E-state index in [4.69, 9.17) is 23.5 Å². The summed E-state index contributed by atoms with van der Waals surface area (Å²) < 4.78 is 38.8.